The summed E-state index contributed by atoms with van der Waals surface area (Å²) in [6, 6.07) is 11.1. The number of guanidine groups is 1. The summed E-state index contributed by atoms with van der Waals surface area (Å²) in [5, 5.41) is 11.3. The second-order valence-electron chi connectivity index (χ2n) is 6.23. The van der Waals surface area contributed by atoms with Crippen LogP contribution < -0.4 is 20.5 Å². The van der Waals surface area contributed by atoms with Gasteiger partial charge in [-0.2, -0.15) is 8.78 Å². The SMILES string of the molecule is CCNC(=NCc1cccc(S(N)(=O)=O)c1)NCc1cc(C)ccc1OC(F)F.I. The van der Waals surface area contributed by atoms with Gasteiger partial charge in [-0.05, 0) is 37.6 Å². The molecule has 7 nitrogen and oxygen atoms in total. The minimum atomic E-state index is -3.79. The standard InChI is InChI=1S/C19H24F2N4O3S.HI/c1-3-23-19(24-11-14-5-4-6-16(10-14)29(22,26)27)25-12-15-9-13(2)7-8-17(15)28-18(20)21;/h4-10,18H,3,11-12H2,1-2H3,(H2,22,26,27)(H2,23,24,25);1H. The van der Waals surface area contributed by atoms with Crippen molar-refractivity contribution in [3.05, 3.63) is 59.2 Å². The number of nitrogens with zero attached hydrogens (tertiary/aromatic N) is 1. The number of nitrogens with one attached hydrogen (secondary N) is 2. The smallest absolute Gasteiger partial charge is 0.387 e. The molecule has 0 aliphatic rings. The van der Waals surface area contributed by atoms with E-state index in [4.69, 9.17) is 5.14 Å². The first-order valence-corrected chi connectivity index (χ1v) is 10.4. The molecule has 0 fully saturated rings. The Balaban J connectivity index is 0.00000450. The minimum Gasteiger partial charge on any atom is -0.434 e. The lowest BCUT2D eigenvalue weighted by molar-refractivity contribution is -0.0504. The van der Waals surface area contributed by atoms with Crippen molar-refractivity contribution in [2.24, 2.45) is 10.1 Å². The molecule has 166 valence electrons. The molecule has 0 atom stereocenters. The van der Waals surface area contributed by atoms with E-state index in [0.29, 0.717) is 23.6 Å². The third kappa shape index (κ3) is 8.40. The maximum absolute atomic E-state index is 12.6. The van der Waals surface area contributed by atoms with E-state index in [1.807, 2.05) is 13.8 Å². The van der Waals surface area contributed by atoms with Gasteiger partial charge in [0.2, 0.25) is 10.0 Å². The number of nitrogens with two attached hydrogens (primary N) is 1. The average Bonchev–Trinajstić information content (AvgIpc) is 2.65. The summed E-state index contributed by atoms with van der Waals surface area (Å²) in [5.74, 6) is 0.535. The maximum Gasteiger partial charge on any atom is 0.387 e. The van der Waals surface area contributed by atoms with E-state index < -0.39 is 16.6 Å². The highest BCUT2D eigenvalue weighted by molar-refractivity contribution is 14.0. The molecular weight excluding hydrogens is 529 g/mol. The van der Waals surface area contributed by atoms with Crippen LogP contribution in [0.15, 0.2) is 52.4 Å². The van der Waals surface area contributed by atoms with Crippen LogP contribution in [-0.4, -0.2) is 27.5 Å². The Morgan fingerprint density at radius 1 is 1.20 bits per heavy atom. The van der Waals surface area contributed by atoms with Crippen LogP contribution in [-0.2, 0) is 23.1 Å². The van der Waals surface area contributed by atoms with Gasteiger partial charge in [0.15, 0.2) is 5.96 Å². The van der Waals surface area contributed by atoms with E-state index in [-0.39, 0.29) is 47.7 Å². The van der Waals surface area contributed by atoms with E-state index in [9.17, 15) is 17.2 Å². The lowest BCUT2D eigenvalue weighted by Gasteiger charge is -2.15. The molecule has 0 saturated carbocycles. The van der Waals surface area contributed by atoms with Crippen molar-refractivity contribution in [3.63, 3.8) is 0 Å². The molecule has 2 aromatic rings. The fourth-order valence-corrected chi connectivity index (χ4v) is 3.15. The van der Waals surface area contributed by atoms with Crippen LogP contribution in [0.25, 0.3) is 0 Å². The van der Waals surface area contributed by atoms with Gasteiger partial charge in [-0.15, -0.1) is 24.0 Å². The molecule has 2 aromatic carbocycles. The number of hydrogen-bond acceptors (Lipinski definition) is 4. The highest BCUT2D eigenvalue weighted by atomic mass is 127. The normalized spacial score (nSPS) is 11.7. The third-order valence-electron chi connectivity index (χ3n) is 3.87. The second kappa shape index (κ2) is 12.0. The van der Waals surface area contributed by atoms with E-state index in [2.05, 4.69) is 20.4 Å². The highest BCUT2D eigenvalue weighted by Gasteiger charge is 2.11. The van der Waals surface area contributed by atoms with Crippen molar-refractivity contribution in [1.82, 2.24) is 10.6 Å². The largest absolute Gasteiger partial charge is 0.434 e. The predicted octanol–water partition coefficient (Wildman–Crippen LogP) is 3.12. The van der Waals surface area contributed by atoms with Crippen LogP contribution in [0.1, 0.15) is 23.6 Å². The maximum atomic E-state index is 12.6. The summed E-state index contributed by atoms with van der Waals surface area (Å²) >= 11 is 0. The first kappa shape index (κ1) is 26.0. The molecule has 0 aliphatic carbocycles. The van der Waals surface area contributed by atoms with E-state index in [1.165, 1.54) is 18.2 Å². The number of sulfonamides is 1. The summed E-state index contributed by atoms with van der Waals surface area (Å²) in [7, 11) is -3.79. The quantitative estimate of drug-likeness (QED) is 0.264. The van der Waals surface area contributed by atoms with Gasteiger partial charge in [0, 0.05) is 18.7 Å². The van der Waals surface area contributed by atoms with E-state index in [0.717, 1.165) is 5.56 Å². The number of hydrogen-bond donors (Lipinski definition) is 3. The molecule has 0 spiro atoms. The zero-order valence-corrected chi connectivity index (χ0v) is 19.7. The Hall–Kier alpha value is -1.99. The van der Waals surface area contributed by atoms with E-state index >= 15 is 0 Å². The van der Waals surface area contributed by atoms with Gasteiger partial charge < -0.3 is 15.4 Å². The lowest BCUT2D eigenvalue weighted by atomic mass is 10.1. The van der Waals surface area contributed by atoms with Crippen LogP contribution in [0.4, 0.5) is 8.78 Å². The van der Waals surface area contributed by atoms with Gasteiger partial charge in [-0.3, -0.25) is 0 Å². The van der Waals surface area contributed by atoms with Crippen LogP contribution in [0.3, 0.4) is 0 Å². The zero-order valence-electron chi connectivity index (χ0n) is 16.6. The van der Waals surface area contributed by atoms with Crippen LogP contribution >= 0.6 is 24.0 Å². The third-order valence-corrected chi connectivity index (χ3v) is 4.78. The Morgan fingerprint density at radius 2 is 1.93 bits per heavy atom. The van der Waals surface area contributed by atoms with Crippen LogP contribution in [0.5, 0.6) is 5.75 Å². The number of ether oxygens (including phenoxy) is 1. The number of rotatable bonds is 8. The zero-order chi connectivity index (χ0) is 21.4. The lowest BCUT2D eigenvalue weighted by Crippen LogP contribution is -2.37. The van der Waals surface area contributed by atoms with Crippen molar-refractivity contribution in [1.29, 1.82) is 0 Å². The number of aryl methyl sites for hydroxylation is 1. The van der Waals surface area contributed by atoms with E-state index in [1.54, 1.807) is 24.3 Å². The second-order valence-corrected chi connectivity index (χ2v) is 7.79. The van der Waals surface area contributed by atoms with Crippen molar-refractivity contribution < 1.29 is 21.9 Å². The topological polar surface area (TPSA) is 106 Å². The Labute approximate surface area is 192 Å². The van der Waals surface area contributed by atoms with Crippen molar-refractivity contribution >= 4 is 40.0 Å². The first-order valence-electron chi connectivity index (χ1n) is 8.87. The van der Waals surface area contributed by atoms with Crippen molar-refractivity contribution in [3.8, 4) is 5.75 Å². The van der Waals surface area contributed by atoms with Gasteiger partial charge in [0.05, 0.1) is 11.4 Å². The monoisotopic (exact) mass is 554 g/mol. The molecule has 2 rings (SSSR count). The summed E-state index contributed by atoms with van der Waals surface area (Å²) in [4.78, 5) is 4.42. The number of primary sulfonamides is 1. The Kier molecular flexibility index (Phi) is 10.4. The van der Waals surface area contributed by atoms with Gasteiger partial charge in [0.1, 0.15) is 5.75 Å². The molecule has 4 N–H and O–H groups in total. The molecule has 0 heterocycles. The summed E-state index contributed by atoms with van der Waals surface area (Å²) in [6.45, 7) is 1.82. The number of aliphatic imine (C=N–C) groups is 1. The van der Waals surface area contributed by atoms with Crippen molar-refractivity contribution in [2.75, 3.05) is 6.54 Å². The van der Waals surface area contributed by atoms with Gasteiger partial charge in [-0.1, -0.05) is 29.8 Å². The first-order chi connectivity index (χ1) is 13.7. The molecule has 0 aliphatic heterocycles. The molecule has 0 aromatic heterocycles. The fourth-order valence-electron chi connectivity index (χ4n) is 2.57. The number of halogens is 3. The summed E-state index contributed by atoms with van der Waals surface area (Å²) < 4.78 is 52.7. The van der Waals surface area contributed by atoms with Gasteiger partial charge in [0.25, 0.3) is 0 Å². The molecule has 0 bridgehead atoms. The van der Waals surface area contributed by atoms with Crippen LogP contribution in [0, 0.1) is 6.92 Å². The molecule has 0 unspecified atom stereocenters. The predicted molar refractivity (Wildman–Crippen MR) is 123 cm³/mol. The molecule has 0 radical (unpaired) electrons. The average molecular weight is 554 g/mol. The molecular formula is C19H25F2IN4O3S. The fraction of sp³-hybridized carbons (Fsp3) is 0.316. The minimum absolute atomic E-state index is 0. The molecule has 0 amide bonds. The highest BCUT2D eigenvalue weighted by Crippen LogP contribution is 2.22. The molecule has 11 heteroatoms. The molecule has 30 heavy (non-hydrogen) atoms. The number of benzene rings is 2. The van der Waals surface area contributed by atoms with Crippen molar-refractivity contribution in [2.45, 2.75) is 38.4 Å². The summed E-state index contributed by atoms with van der Waals surface area (Å²) in [6.07, 6.45) is 0. The summed E-state index contributed by atoms with van der Waals surface area (Å²) in [5.41, 5.74) is 2.13. The number of alkyl halides is 2. The Morgan fingerprint density at radius 3 is 2.57 bits per heavy atom. The van der Waals surface area contributed by atoms with Crippen LogP contribution in [0.2, 0.25) is 0 Å². The van der Waals surface area contributed by atoms with Gasteiger partial charge >= 0.3 is 6.61 Å². The molecule has 0 saturated heterocycles. The van der Waals surface area contributed by atoms with Gasteiger partial charge in [-0.25, -0.2) is 18.5 Å². The Bertz CT molecular complexity index is 972.